The average molecular weight is 278 g/mol. The van der Waals surface area contributed by atoms with Gasteiger partial charge in [0.2, 0.25) is 5.91 Å². The number of aromatic nitrogens is 1. The van der Waals surface area contributed by atoms with Gasteiger partial charge in [-0.3, -0.25) is 9.63 Å². The van der Waals surface area contributed by atoms with Gasteiger partial charge in [-0.25, -0.2) is 10.5 Å². The maximum absolute atomic E-state index is 11.6. The van der Waals surface area contributed by atoms with E-state index in [9.17, 15) is 4.79 Å². The van der Waals surface area contributed by atoms with Crippen LogP contribution in [0.3, 0.4) is 0 Å². The van der Waals surface area contributed by atoms with Crippen LogP contribution in [-0.4, -0.2) is 17.5 Å². The molecule has 0 saturated heterocycles. The molecule has 102 valence electrons. The maximum Gasteiger partial charge on any atom is 0.243 e. The van der Waals surface area contributed by atoms with Gasteiger partial charge in [-0.05, 0) is 18.1 Å². The van der Waals surface area contributed by atoms with E-state index in [2.05, 4.69) is 10.5 Å². The van der Waals surface area contributed by atoms with Gasteiger partial charge in [0.05, 0.1) is 21.8 Å². The molecule has 0 radical (unpaired) electrons. The van der Waals surface area contributed by atoms with Crippen molar-refractivity contribution >= 4 is 27.5 Å². The van der Waals surface area contributed by atoms with Gasteiger partial charge in [0.25, 0.3) is 0 Å². The van der Waals surface area contributed by atoms with E-state index in [0.29, 0.717) is 25.4 Å². The Hall–Kier alpha value is -1.46. The van der Waals surface area contributed by atoms with Crippen molar-refractivity contribution in [3.8, 4) is 0 Å². The molecule has 0 fully saturated rings. The Morgan fingerprint density at radius 3 is 2.95 bits per heavy atom. The molecule has 0 atom stereocenters. The molecule has 0 aliphatic rings. The standard InChI is InChI=1S/C14H18N2O2S/c1-10(2)9-18-16-13(17)7-8-14-15-11-5-3-4-6-12(11)19-14/h3-6,10H,7-9H2,1-2H3,(H,16,17). The first-order valence-electron chi connectivity index (χ1n) is 6.40. The van der Waals surface area contributed by atoms with Crippen LogP contribution in [0.1, 0.15) is 25.3 Å². The van der Waals surface area contributed by atoms with Crippen molar-refractivity contribution in [3.63, 3.8) is 0 Å². The summed E-state index contributed by atoms with van der Waals surface area (Å²) in [5, 5.41) is 0.986. The van der Waals surface area contributed by atoms with Crippen LogP contribution < -0.4 is 5.48 Å². The van der Waals surface area contributed by atoms with E-state index in [1.54, 1.807) is 11.3 Å². The predicted octanol–water partition coefficient (Wildman–Crippen LogP) is 2.93. The number of hydrogen-bond donors (Lipinski definition) is 1. The number of carbonyl (C=O) groups excluding carboxylic acids is 1. The topological polar surface area (TPSA) is 51.2 Å². The molecule has 1 amide bonds. The second kappa shape index (κ2) is 6.63. The van der Waals surface area contributed by atoms with Gasteiger partial charge in [0.1, 0.15) is 0 Å². The molecule has 2 rings (SSSR count). The summed E-state index contributed by atoms with van der Waals surface area (Å²) >= 11 is 1.64. The van der Waals surface area contributed by atoms with E-state index < -0.39 is 0 Å². The molecule has 1 N–H and O–H groups in total. The number of hydroxylamine groups is 1. The van der Waals surface area contributed by atoms with E-state index >= 15 is 0 Å². The number of fused-ring (bicyclic) bond motifs is 1. The molecule has 1 aromatic heterocycles. The van der Waals surface area contributed by atoms with Crippen molar-refractivity contribution in [2.45, 2.75) is 26.7 Å². The zero-order chi connectivity index (χ0) is 13.7. The van der Waals surface area contributed by atoms with Crippen molar-refractivity contribution in [2.24, 2.45) is 5.92 Å². The zero-order valence-electron chi connectivity index (χ0n) is 11.2. The molecule has 2 aromatic rings. The van der Waals surface area contributed by atoms with E-state index in [0.717, 1.165) is 15.2 Å². The Labute approximate surface area is 116 Å². The summed E-state index contributed by atoms with van der Waals surface area (Å²) in [6.07, 6.45) is 1.05. The SMILES string of the molecule is CC(C)CONC(=O)CCc1nc2ccccc2s1. The first-order chi connectivity index (χ1) is 9.15. The lowest BCUT2D eigenvalue weighted by molar-refractivity contribution is -0.134. The van der Waals surface area contributed by atoms with Gasteiger partial charge >= 0.3 is 0 Å². The second-order valence-corrected chi connectivity index (χ2v) is 5.92. The summed E-state index contributed by atoms with van der Waals surface area (Å²) in [4.78, 5) is 21.1. The molecule has 4 nitrogen and oxygen atoms in total. The Kier molecular flexibility index (Phi) is 4.87. The summed E-state index contributed by atoms with van der Waals surface area (Å²) in [7, 11) is 0. The number of carbonyl (C=O) groups is 1. The quantitative estimate of drug-likeness (QED) is 0.827. The van der Waals surface area contributed by atoms with E-state index in [1.165, 1.54) is 0 Å². The van der Waals surface area contributed by atoms with Crippen molar-refractivity contribution in [1.82, 2.24) is 10.5 Å². The first kappa shape index (κ1) is 14.0. The molecule has 0 aliphatic heterocycles. The number of para-hydroxylation sites is 1. The minimum Gasteiger partial charge on any atom is -0.273 e. The van der Waals surface area contributed by atoms with Crippen LogP contribution >= 0.6 is 11.3 Å². The van der Waals surface area contributed by atoms with Crippen molar-refractivity contribution in [2.75, 3.05) is 6.61 Å². The van der Waals surface area contributed by atoms with Gasteiger partial charge in [0, 0.05) is 12.8 Å². The van der Waals surface area contributed by atoms with Gasteiger partial charge in [-0.15, -0.1) is 11.3 Å². The number of hydrogen-bond acceptors (Lipinski definition) is 4. The molecular formula is C14H18N2O2S. The fourth-order valence-corrected chi connectivity index (χ4v) is 2.55. The van der Waals surface area contributed by atoms with Crippen LogP contribution in [0.2, 0.25) is 0 Å². The molecule has 0 spiro atoms. The Bertz CT molecular complexity index is 518. The number of thiazole rings is 1. The van der Waals surface area contributed by atoms with Crippen molar-refractivity contribution < 1.29 is 9.63 Å². The van der Waals surface area contributed by atoms with Crippen LogP contribution in [0.25, 0.3) is 10.2 Å². The molecule has 19 heavy (non-hydrogen) atoms. The number of rotatable bonds is 6. The summed E-state index contributed by atoms with van der Waals surface area (Å²) in [6, 6.07) is 8.00. The molecular weight excluding hydrogens is 260 g/mol. The minimum absolute atomic E-state index is 0.0973. The summed E-state index contributed by atoms with van der Waals surface area (Å²) in [5.74, 6) is 0.310. The van der Waals surface area contributed by atoms with E-state index in [-0.39, 0.29) is 5.91 Å². The Balaban J connectivity index is 1.80. The number of aryl methyl sites for hydroxylation is 1. The highest BCUT2D eigenvalue weighted by molar-refractivity contribution is 7.18. The Morgan fingerprint density at radius 1 is 1.42 bits per heavy atom. The molecule has 0 bridgehead atoms. The van der Waals surface area contributed by atoms with Gasteiger partial charge in [-0.2, -0.15) is 0 Å². The summed E-state index contributed by atoms with van der Waals surface area (Å²) in [6.45, 7) is 4.60. The molecule has 0 aliphatic carbocycles. The normalized spacial score (nSPS) is 11.1. The van der Waals surface area contributed by atoms with Crippen LogP contribution in [0.5, 0.6) is 0 Å². The molecule has 1 aromatic carbocycles. The summed E-state index contributed by atoms with van der Waals surface area (Å²) in [5.41, 5.74) is 3.45. The monoisotopic (exact) mass is 278 g/mol. The van der Waals surface area contributed by atoms with Crippen LogP contribution in [0.15, 0.2) is 24.3 Å². The van der Waals surface area contributed by atoms with Crippen LogP contribution in [0.4, 0.5) is 0 Å². The number of amides is 1. The minimum atomic E-state index is -0.0973. The largest absolute Gasteiger partial charge is 0.273 e. The van der Waals surface area contributed by atoms with E-state index in [4.69, 9.17) is 4.84 Å². The number of benzene rings is 1. The highest BCUT2D eigenvalue weighted by Gasteiger charge is 2.07. The smallest absolute Gasteiger partial charge is 0.243 e. The highest BCUT2D eigenvalue weighted by atomic mass is 32.1. The third-order valence-electron chi connectivity index (χ3n) is 2.51. The van der Waals surface area contributed by atoms with Gasteiger partial charge in [0.15, 0.2) is 0 Å². The first-order valence-corrected chi connectivity index (χ1v) is 7.22. The third kappa shape index (κ3) is 4.29. The average Bonchev–Trinajstić information content (AvgIpc) is 2.78. The highest BCUT2D eigenvalue weighted by Crippen LogP contribution is 2.22. The molecule has 0 saturated carbocycles. The van der Waals surface area contributed by atoms with Crippen LogP contribution in [-0.2, 0) is 16.1 Å². The van der Waals surface area contributed by atoms with E-state index in [1.807, 2.05) is 38.1 Å². The zero-order valence-corrected chi connectivity index (χ0v) is 12.0. The molecule has 0 unspecified atom stereocenters. The second-order valence-electron chi connectivity index (χ2n) is 4.81. The Morgan fingerprint density at radius 2 is 2.21 bits per heavy atom. The lowest BCUT2D eigenvalue weighted by Crippen LogP contribution is -2.25. The fraction of sp³-hybridized carbons (Fsp3) is 0.429. The fourth-order valence-electron chi connectivity index (χ4n) is 1.59. The van der Waals surface area contributed by atoms with Crippen LogP contribution in [0, 0.1) is 5.92 Å². The lowest BCUT2D eigenvalue weighted by atomic mass is 10.2. The van der Waals surface area contributed by atoms with Gasteiger partial charge in [-0.1, -0.05) is 26.0 Å². The number of nitrogens with zero attached hydrogens (tertiary/aromatic N) is 1. The maximum atomic E-state index is 11.6. The van der Waals surface area contributed by atoms with Crippen molar-refractivity contribution in [1.29, 1.82) is 0 Å². The number of nitrogens with one attached hydrogen (secondary N) is 1. The third-order valence-corrected chi connectivity index (χ3v) is 3.60. The summed E-state index contributed by atoms with van der Waals surface area (Å²) < 4.78 is 1.16. The molecule has 1 heterocycles. The van der Waals surface area contributed by atoms with Crippen molar-refractivity contribution in [3.05, 3.63) is 29.3 Å². The lowest BCUT2D eigenvalue weighted by Gasteiger charge is -2.06. The van der Waals surface area contributed by atoms with Gasteiger partial charge < -0.3 is 0 Å². The molecule has 5 heteroatoms. The predicted molar refractivity (Wildman–Crippen MR) is 76.9 cm³/mol.